The van der Waals surface area contributed by atoms with Gasteiger partial charge in [-0.3, -0.25) is 4.57 Å². The summed E-state index contributed by atoms with van der Waals surface area (Å²) in [5.74, 6) is 0.831. The second kappa shape index (κ2) is 5.01. The fourth-order valence-corrected chi connectivity index (χ4v) is 2.01. The number of hydrogen-bond acceptors (Lipinski definition) is 3. The molecule has 0 atom stereocenters. The van der Waals surface area contributed by atoms with Crippen LogP contribution in [0.3, 0.4) is 0 Å². The maximum absolute atomic E-state index is 5.09. The van der Waals surface area contributed by atoms with Crippen LogP contribution in [0.1, 0.15) is 5.56 Å². The van der Waals surface area contributed by atoms with Crippen LogP contribution in [0.2, 0.25) is 0 Å². The number of nitrogens with one attached hydrogen (secondary N) is 1. The molecule has 0 aliphatic carbocycles. The highest BCUT2D eigenvalue weighted by Crippen LogP contribution is 2.14. The van der Waals surface area contributed by atoms with Crippen LogP contribution in [-0.4, -0.2) is 21.8 Å². The number of hydrogen-bond donors (Lipinski definition) is 1. The number of anilines is 1. The molecule has 6 heteroatoms. The van der Waals surface area contributed by atoms with Crippen LogP contribution in [0.4, 0.5) is 5.95 Å². The van der Waals surface area contributed by atoms with Crippen molar-refractivity contribution in [3.05, 3.63) is 39.1 Å². The van der Waals surface area contributed by atoms with Crippen LogP contribution in [0, 0.1) is 4.77 Å². The van der Waals surface area contributed by atoms with E-state index in [1.807, 2.05) is 30.8 Å². The number of H-pyrrole nitrogens is 1. The van der Waals surface area contributed by atoms with Crippen molar-refractivity contribution in [1.82, 2.24) is 14.8 Å². The number of benzene rings is 1. The molecule has 0 spiro atoms. The van der Waals surface area contributed by atoms with Gasteiger partial charge in [0.2, 0.25) is 5.95 Å². The van der Waals surface area contributed by atoms with Gasteiger partial charge >= 0.3 is 0 Å². The Morgan fingerprint density at radius 3 is 2.59 bits per heavy atom. The molecule has 0 saturated carbocycles. The maximum Gasteiger partial charge on any atom is 0.225 e. The van der Waals surface area contributed by atoms with E-state index in [1.54, 1.807) is 0 Å². The van der Waals surface area contributed by atoms with Crippen molar-refractivity contribution in [2.24, 2.45) is 7.05 Å². The molecule has 1 aromatic carbocycles. The molecule has 0 unspecified atom stereocenters. The molecule has 2 aromatic rings. The first-order valence-corrected chi connectivity index (χ1v) is 6.35. The van der Waals surface area contributed by atoms with Gasteiger partial charge in [-0.15, -0.1) is 5.10 Å². The fourth-order valence-electron chi connectivity index (χ4n) is 1.61. The largest absolute Gasteiger partial charge is 0.340 e. The van der Waals surface area contributed by atoms with Crippen LogP contribution < -0.4 is 4.90 Å². The van der Waals surface area contributed by atoms with Crippen molar-refractivity contribution in [2.45, 2.75) is 6.54 Å². The van der Waals surface area contributed by atoms with Crippen LogP contribution in [0.25, 0.3) is 0 Å². The average Bonchev–Trinajstić information content (AvgIpc) is 2.63. The normalized spacial score (nSPS) is 10.5. The van der Waals surface area contributed by atoms with E-state index in [1.165, 1.54) is 5.56 Å². The zero-order valence-corrected chi connectivity index (χ0v) is 12.0. The fraction of sp³-hybridized carbons (Fsp3) is 0.273. The Hall–Kier alpha value is -1.14. The van der Waals surface area contributed by atoms with Crippen LogP contribution >= 0.6 is 28.1 Å². The summed E-state index contributed by atoms with van der Waals surface area (Å²) in [4.78, 5) is 2.05. The monoisotopic (exact) mass is 312 g/mol. The van der Waals surface area contributed by atoms with Crippen LogP contribution in [0.15, 0.2) is 28.7 Å². The van der Waals surface area contributed by atoms with E-state index in [0.29, 0.717) is 4.77 Å². The van der Waals surface area contributed by atoms with Crippen molar-refractivity contribution in [3.8, 4) is 0 Å². The van der Waals surface area contributed by atoms with Gasteiger partial charge in [0.15, 0.2) is 4.77 Å². The molecule has 0 bridgehead atoms. The molecule has 1 heterocycles. The number of aromatic nitrogens is 3. The third-order valence-corrected chi connectivity index (χ3v) is 3.42. The first-order chi connectivity index (χ1) is 8.08. The number of halogens is 1. The summed E-state index contributed by atoms with van der Waals surface area (Å²) in [6.07, 6.45) is 0. The summed E-state index contributed by atoms with van der Waals surface area (Å²) < 4.78 is 3.57. The summed E-state index contributed by atoms with van der Waals surface area (Å²) in [5.41, 5.74) is 1.23. The van der Waals surface area contributed by atoms with Gasteiger partial charge in [0, 0.05) is 25.1 Å². The standard InChI is InChI=1S/C11H13BrN4S/c1-15(10-13-14-11(17)16(10)2)7-8-3-5-9(12)6-4-8/h3-6H,7H2,1-2H3,(H,14,17). The number of nitrogens with zero attached hydrogens (tertiary/aromatic N) is 3. The summed E-state index contributed by atoms with van der Waals surface area (Å²) >= 11 is 8.51. The van der Waals surface area contributed by atoms with Crippen molar-refractivity contribution in [2.75, 3.05) is 11.9 Å². The molecule has 0 amide bonds. The molecule has 90 valence electrons. The van der Waals surface area contributed by atoms with Gasteiger partial charge in [-0.05, 0) is 29.9 Å². The van der Waals surface area contributed by atoms with Gasteiger partial charge in [0.25, 0.3) is 0 Å². The third kappa shape index (κ3) is 2.76. The van der Waals surface area contributed by atoms with Gasteiger partial charge in [-0.25, -0.2) is 5.10 Å². The van der Waals surface area contributed by atoms with Gasteiger partial charge in [0.1, 0.15) is 0 Å². The topological polar surface area (TPSA) is 36.9 Å². The molecule has 17 heavy (non-hydrogen) atoms. The second-order valence-corrected chi connectivity index (χ2v) is 5.17. The second-order valence-electron chi connectivity index (χ2n) is 3.87. The molecule has 1 N–H and O–H groups in total. The molecule has 0 radical (unpaired) electrons. The van der Waals surface area contributed by atoms with E-state index < -0.39 is 0 Å². The minimum absolute atomic E-state index is 0.627. The first-order valence-electron chi connectivity index (χ1n) is 5.15. The average molecular weight is 313 g/mol. The molecule has 0 aliphatic heterocycles. The lowest BCUT2D eigenvalue weighted by Gasteiger charge is -2.17. The molecule has 1 aromatic heterocycles. The molecule has 4 nitrogen and oxygen atoms in total. The van der Waals surface area contributed by atoms with E-state index in [4.69, 9.17) is 12.2 Å². The van der Waals surface area contributed by atoms with Crippen molar-refractivity contribution in [3.63, 3.8) is 0 Å². The first kappa shape index (κ1) is 12.3. The Morgan fingerprint density at radius 2 is 2.06 bits per heavy atom. The van der Waals surface area contributed by atoms with Gasteiger partial charge in [-0.2, -0.15) is 0 Å². The van der Waals surface area contributed by atoms with E-state index in [0.717, 1.165) is 17.0 Å². The Balaban J connectivity index is 2.17. The lowest BCUT2D eigenvalue weighted by Crippen LogP contribution is -2.20. The summed E-state index contributed by atoms with van der Waals surface area (Å²) in [7, 11) is 3.90. The van der Waals surface area contributed by atoms with Crippen LogP contribution in [-0.2, 0) is 13.6 Å². The Bertz CT molecular complexity index is 558. The van der Waals surface area contributed by atoms with Gasteiger partial charge < -0.3 is 4.90 Å². The van der Waals surface area contributed by atoms with E-state index >= 15 is 0 Å². The minimum Gasteiger partial charge on any atom is -0.340 e. The molecule has 2 rings (SSSR count). The highest BCUT2D eigenvalue weighted by molar-refractivity contribution is 9.10. The predicted molar refractivity (Wildman–Crippen MR) is 74.6 cm³/mol. The Morgan fingerprint density at radius 1 is 1.41 bits per heavy atom. The van der Waals surface area contributed by atoms with E-state index in [9.17, 15) is 0 Å². The molecule has 0 saturated heterocycles. The third-order valence-electron chi connectivity index (χ3n) is 2.53. The molecular formula is C11H13BrN4S. The number of aromatic amines is 1. The zero-order chi connectivity index (χ0) is 12.4. The van der Waals surface area contributed by atoms with Crippen LogP contribution in [0.5, 0.6) is 0 Å². The lowest BCUT2D eigenvalue weighted by molar-refractivity contribution is 0.800. The predicted octanol–water partition coefficient (Wildman–Crippen LogP) is 2.88. The summed E-state index contributed by atoms with van der Waals surface area (Å²) in [5, 5.41) is 6.97. The maximum atomic E-state index is 5.09. The Kier molecular flexibility index (Phi) is 3.63. The molecular weight excluding hydrogens is 300 g/mol. The van der Waals surface area contributed by atoms with E-state index in [-0.39, 0.29) is 0 Å². The lowest BCUT2D eigenvalue weighted by atomic mass is 10.2. The quantitative estimate of drug-likeness (QED) is 0.885. The minimum atomic E-state index is 0.627. The van der Waals surface area contributed by atoms with Crippen molar-refractivity contribution in [1.29, 1.82) is 0 Å². The van der Waals surface area contributed by atoms with Crippen molar-refractivity contribution < 1.29 is 0 Å². The molecule has 0 fully saturated rings. The summed E-state index contributed by atoms with van der Waals surface area (Å²) in [6, 6.07) is 8.24. The Labute approximate surface area is 113 Å². The highest BCUT2D eigenvalue weighted by Gasteiger charge is 2.08. The van der Waals surface area contributed by atoms with Crippen molar-refractivity contribution >= 4 is 34.1 Å². The SMILES string of the molecule is CN(Cc1ccc(Br)cc1)c1n[nH]c(=S)n1C. The summed E-state index contributed by atoms with van der Waals surface area (Å²) in [6.45, 7) is 0.792. The van der Waals surface area contributed by atoms with Gasteiger partial charge in [-0.1, -0.05) is 28.1 Å². The van der Waals surface area contributed by atoms with Gasteiger partial charge in [0.05, 0.1) is 0 Å². The highest BCUT2D eigenvalue weighted by atomic mass is 79.9. The van der Waals surface area contributed by atoms with E-state index in [2.05, 4.69) is 43.2 Å². The molecule has 0 aliphatic rings. The zero-order valence-electron chi connectivity index (χ0n) is 9.64. The smallest absolute Gasteiger partial charge is 0.225 e. The number of rotatable bonds is 3.